The Kier molecular flexibility index (Phi) is 4.50. The van der Waals surface area contributed by atoms with Gasteiger partial charge in [0.05, 0.1) is 6.21 Å². The molecular weight excluding hydrogens is 250 g/mol. The summed E-state index contributed by atoms with van der Waals surface area (Å²) in [6.07, 6.45) is 1.63. The lowest BCUT2D eigenvalue weighted by molar-refractivity contribution is 0.252. The first kappa shape index (κ1) is 13.8. The second-order valence-corrected chi connectivity index (χ2v) is 4.50. The number of hydrazone groups is 1. The first-order chi connectivity index (χ1) is 9.66. The zero-order chi connectivity index (χ0) is 14.4. The molecule has 0 saturated carbocycles. The number of benzene rings is 2. The Bertz CT molecular complexity index is 635. The molecule has 20 heavy (non-hydrogen) atoms. The number of amides is 2. The lowest BCUT2D eigenvalue weighted by Crippen LogP contribution is -2.24. The van der Waals surface area contributed by atoms with Gasteiger partial charge in [-0.2, -0.15) is 5.10 Å². The van der Waals surface area contributed by atoms with Crippen molar-refractivity contribution >= 4 is 17.9 Å². The number of nitrogens with zero attached hydrogens (tertiary/aromatic N) is 1. The number of rotatable bonds is 3. The van der Waals surface area contributed by atoms with Gasteiger partial charge in [-0.15, -0.1) is 0 Å². The van der Waals surface area contributed by atoms with E-state index in [1.54, 1.807) is 6.21 Å². The predicted octanol–water partition coefficient (Wildman–Crippen LogP) is 3.46. The fourth-order valence-corrected chi connectivity index (χ4v) is 1.76. The summed E-state index contributed by atoms with van der Waals surface area (Å²) in [5.41, 5.74) is 6.32. The van der Waals surface area contributed by atoms with E-state index in [9.17, 15) is 4.79 Å². The van der Waals surface area contributed by atoms with E-state index in [0.717, 1.165) is 22.4 Å². The maximum absolute atomic E-state index is 11.7. The molecule has 0 fully saturated rings. The molecular formula is C16H17N3O. The minimum absolute atomic E-state index is 0.357. The van der Waals surface area contributed by atoms with Crippen LogP contribution in [0.15, 0.2) is 53.6 Å². The molecule has 2 aromatic carbocycles. The Morgan fingerprint density at radius 3 is 2.35 bits per heavy atom. The largest absolute Gasteiger partial charge is 0.339 e. The molecule has 0 aromatic heterocycles. The van der Waals surface area contributed by atoms with Crippen LogP contribution in [0.25, 0.3) is 0 Å². The van der Waals surface area contributed by atoms with E-state index in [1.165, 1.54) is 0 Å². The Balaban J connectivity index is 1.93. The van der Waals surface area contributed by atoms with Gasteiger partial charge < -0.3 is 5.32 Å². The molecule has 2 N–H and O–H groups in total. The zero-order valence-electron chi connectivity index (χ0n) is 11.6. The molecule has 4 nitrogen and oxygen atoms in total. The molecule has 0 unspecified atom stereocenters. The number of nitrogens with one attached hydrogen (secondary N) is 2. The average molecular weight is 267 g/mol. The molecule has 0 aliphatic heterocycles. The highest BCUT2D eigenvalue weighted by atomic mass is 16.2. The van der Waals surface area contributed by atoms with E-state index >= 15 is 0 Å². The van der Waals surface area contributed by atoms with Crippen LogP contribution >= 0.6 is 0 Å². The van der Waals surface area contributed by atoms with Gasteiger partial charge in [0.25, 0.3) is 0 Å². The quantitative estimate of drug-likeness (QED) is 0.649. The minimum Gasteiger partial charge on any atom is -0.306 e. The van der Waals surface area contributed by atoms with Crippen LogP contribution in [0.3, 0.4) is 0 Å². The minimum atomic E-state index is -0.357. The second kappa shape index (κ2) is 6.52. The first-order valence-corrected chi connectivity index (χ1v) is 6.38. The zero-order valence-corrected chi connectivity index (χ0v) is 11.6. The Labute approximate surface area is 118 Å². The van der Waals surface area contributed by atoms with Crippen molar-refractivity contribution in [2.75, 3.05) is 5.32 Å². The van der Waals surface area contributed by atoms with Crippen LogP contribution in [0.4, 0.5) is 10.5 Å². The van der Waals surface area contributed by atoms with Gasteiger partial charge in [-0.05, 0) is 36.6 Å². The summed E-state index contributed by atoms with van der Waals surface area (Å²) in [5, 5.41) is 6.69. The molecule has 0 spiro atoms. The van der Waals surface area contributed by atoms with Crippen molar-refractivity contribution in [1.82, 2.24) is 5.43 Å². The van der Waals surface area contributed by atoms with Crippen molar-refractivity contribution in [3.05, 3.63) is 65.2 Å². The second-order valence-electron chi connectivity index (χ2n) is 4.50. The molecule has 0 heterocycles. The predicted molar refractivity (Wildman–Crippen MR) is 82.1 cm³/mol. The highest BCUT2D eigenvalue weighted by Crippen LogP contribution is 2.12. The summed E-state index contributed by atoms with van der Waals surface area (Å²) in [6.45, 7) is 3.93. The summed E-state index contributed by atoms with van der Waals surface area (Å²) in [6, 6.07) is 15.1. The number of carbonyl (C=O) groups excluding carboxylic acids is 1. The summed E-state index contributed by atoms with van der Waals surface area (Å²) in [5.74, 6) is 0. The number of para-hydroxylation sites is 1. The van der Waals surface area contributed by atoms with Crippen molar-refractivity contribution in [2.24, 2.45) is 5.10 Å². The molecule has 4 heteroatoms. The molecule has 0 bridgehead atoms. The average Bonchev–Trinajstić information content (AvgIpc) is 2.43. The molecule has 2 amide bonds. The standard InChI is InChI=1S/C16H17N3O/c1-12-7-3-5-9-14(12)11-17-19-16(20)18-15-10-6-4-8-13(15)2/h3-11H,1-2H3,(H2,18,19,20). The van der Waals surface area contributed by atoms with Crippen molar-refractivity contribution in [3.8, 4) is 0 Å². The maximum Gasteiger partial charge on any atom is 0.339 e. The Morgan fingerprint density at radius 2 is 1.65 bits per heavy atom. The Hall–Kier alpha value is -2.62. The smallest absolute Gasteiger partial charge is 0.306 e. The number of urea groups is 1. The van der Waals surface area contributed by atoms with Gasteiger partial charge in [0.15, 0.2) is 0 Å². The van der Waals surface area contributed by atoms with E-state index in [-0.39, 0.29) is 6.03 Å². The highest BCUT2D eigenvalue weighted by Gasteiger charge is 2.01. The maximum atomic E-state index is 11.7. The number of hydrogen-bond acceptors (Lipinski definition) is 2. The molecule has 2 rings (SSSR count). The molecule has 0 atom stereocenters. The van der Waals surface area contributed by atoms with Gasteiger partial charge in [-0.3, -0.25) is 0 Å². The van der Waals surface area contributed by atoms with Crippen molar-refractivity contribution in [3.63, 3.8) is 0 Å². The van der Waals surface area contributed by atoms with E-state index in [4.69, 9.17) is 0 Å². The molecule has 102 valence electrons. The van der Waals surface area contributed by atoms with Crippen molar-refractivity contribution < 1.29 is 4.79 Å². The number of carbonyl (C=O) groups is 1. The van der Waals surface area contributed by atoms with Gasteiger partial charge >= 0.3 is 6.03 Å². The number of aryl methyl sites for hydroxylation is 2. The highest BCUT2D eigenvalue weighted by molar-refractivity contribution is 5.91. The molecule has 0 radical (unpaired) electrons. The van der Waals surface area contributed by atoms with Crippen molar-refractivity contribution in [1.29, 1.82) is 0 Å². The third kappa shape index (κ3) is 3.68. The lowest BCUT2D eigenvalue weighted by Gasteiger charge is -2.06. The first-order valence-electron chi connectivity index (χ1n) is 6.38. The SMILES string of the molecule is Cc1ccccc1C=NNC(=O)Nc1ccccc1C. The van der Waals surface area contributed by atoms with Crippen LogP contribution in [-0.4, -0.2) is 12.2 Å². The summed E-state index contributed by atoms with van der Waals surface area (Å²) in [7, 11) is 0. The summed E-state index contributed by atoms with van der Waals surface area (Å²) in [4.78, 5) is 11.7. The van der Waals surface area contributed by atoms with Gasteiger partial charge in [0.2, 0.25) is 0 Å². The van der Waals surface area contributed by atoms with E-state index in [2.05, 4.69) is 15.8 Å². The van der Waals surface area contributed by atoms with Crippen LogP contribution in [0, 0.1) is 13.8 Å². The van der Waals surface area contributed by atoms with Crippen LogP contribution in [0.2, 0.25) is 0 Å². The molecule has 0 aliphatic carbocycles. The monoisotopic (exact) mass is 267 g/mol. The summed E-state index contributed by atoms with van der Waals surface area (Å²) >= 11 is 0. The molecule has 2 aromatic rings. The fraction of sp³-hybridized carbons (Fsp3) is 0.125. The normalized spacial score (nSPS) is 10.5. The molecule has 0 aliphatic rings. The Morgan fingerprint density at radius 1 is 1.00 bits per heavy atom. The van der Waals surface area contributed by atoms with Crippen LogP contribution in [0.1, 0.15) is 16.7 Å². The summed E-state index contributed by atoms with van der Waals surface area (Å²) < 4.78 is 0. The third-order valence-corrected chi connectivity index (χ3v) is 2.95. The van der Waals surface area contributed by atoms with Crippen LogP contribution in [-0.2, 0) is 0 Å². The molecule has 0 saturated heterocycles. The van der Waals surface area contributed by atoms with Gasteiger partial charge in [-0.25, -0.2) is 10.2 Å². The van der Waals surface area contributed by atoms with Crippen molar-refractivity contribution in [2.45, 2.75) is 13.8 Å². The fourth-order valence-electron chi connectivity index (χ4n) is 1.76. The van der Waals surface area contributed by atoms with Crippen LogP contribution in [0.5, 0.6) is 0 Å². The van der Waals surface area contributed by atoms with E-state index in [0.29, 0.717) is 0 Å². The van der Waals surface area contributed by atoms with E-state index < -0.39 is 0 Å². The third-order valence-electron chi connectivity index (χ3n) is 2.95. The van der Waals surface area contributed by atoms with Gasteiger partial charge in [0.1, 0.15) is 0 Å². The van der Waals surface area contributed by atoms with Crippen LogP contribution < -0.4 is 10.7 Å². The van der Waals surface area contributed by atoms with E-state index in [1.807, 2.05) is 62.4 Å². The lowest BCUT2D eigenvalue weighted by atomic mass is 10.1. The van der Waals surface area contributed by atoms with Gasteiger partial charge in [0, 0.05) is 5.69 Å². The number of hydrogen-bond donors (Lipinski definition) is 2. The van der Waals surface area contributed by atoms with Gasteiger partial charge in [-0.1, -0.05) is 42.5 Å². The number of anilines is 1. The topological polar surface area (TPSA) is 53.5 Å².